The lowest BCUT2D eigenvalue weighted by Crippen LogP contribution is -2.30. The van der Waals surface area contributed by atoms with Crippen molar-refractivity contribution in [2.24, 2.45) is 7.05 Å². The fourth-order valence-corrected chi connectivity index (χ4v) is 4.93. The third-order valence-electron chi connectivity index (χ3n) is 6.83. The second kappa shape index (κ2) is 8.48. The summed E-state index contributed by atoms with van der Waals surface area (Å²) in [6.07, 6.45) is 3.93. The number of aromatic nitrogens is 2. The molecule has 4 nitrogen and oxygen atoms in total. The van der Waals surface area contributed by atoms with E-state index in [0.29, 0.717) is 11.1 Å². The summed E-state index contributed by atoms with van der Waals surface area (Å²) in [4.78, 5) is 4.76. The van der Waals surface area contributed by atoms with Crippen molar-refractivity contribution in [1.29, 1.82) is 5.26 Å². The van der Waals surface area contributed by atoms with Gasteiger partial charge in [0.05, 0.1) is 28.5 Å². The Hall–Kier alpha value is -4.75. The summed E-state index contributed by atoms with van der Waals surface area (Å²) in [5.74, 6) is 0. The highest BCUT2D eigenvalue weighted by Gasteiger charge is 2.23. The molecule has 0 aliphatic rings. The smallest absolute Gasteiger partial charge is 0.216 e. The van der Waals surface area contributed by atoms with Crippen LogP contribution in [0.15, 0.2) is 95.7 Å². The number of hydrogen-bond acceptors (Lipinski definition) is 3. The first-order valence-electron chi connectivity index (χ1n) is 11.9. The molecule has 0 unspecified atom stereocenters. The minimum atomic E-state index is 0.543. The monoisotopic (exact) mass is 466 g/mol. The van der Waals surface area contributed by atoms with Gasteiger partial charge in [0.1, 0.15) is 18.2 Å². The van der Waals surface area contributed by atoms with E-state index >= 15 is 0 Å². The molecule has 6 rings (SSSR count). The van der Waals surface area contributed by atoms with Crippen LogP contribution in [-0.4, -0.2) is 4.98 Å². The fourth-order valence-electron chi connectivity index (χ4n) is 4.93. The van der Waals surface area contributed by atoms with Crippen LogP contribution in [0, 0.1) is 25.2 Å². The summed E-state index contributed by atoms with van der Waals surface area (Å²) in [5, 5.41) is 12.0. The number of fused-ring (bicyclic) bond motifs is 3. The average molecular weight is 467 g/mol. The summed E-state index contributed by atoms with van der Waals surface area (Å²) in [7, 11) is 2.05. The van der Waals surface area contributed by atoms with Gasteiger partial charge in [-0.2, -0.15) is 5.26 Å². The third-order valence-corrected chi connectivity index (χ3v) is 6.83. The van der Waals surface area contributed by atoms with E-state index in [2.05, 4.69) is 67.1 Å². The molecule has 0 saturated heterocycles. The maximum atomic E-state index is 9.97. The topological polar surface area (TPSA) is 53.7 Å². The van der Waals surface area contributed by atoms with Crippen LogP contribution in [0.2, 0.25) is 0 Å². The average Bonchev–Trinajstić information content (AvgIpc) is 3.29. The van der Waals surface area contributed by atoms with E-state index in [-0.39, 0.29) is 0 Å². The molecule has 4 heteroatoms. The van der Waals surface area contributed by atoms with E-state index in [1.165, 1.54) is 5.56 Å². The molecule has 0 fully saturated rings. The van der Waals surface area contributed by atoms with E-state index in [0.717, 1.165) is 55.6 Å². The summed E-state index contributed by atoms with van der Waals surface area (Å²) >= 11 is 0. The molecule has 0 spiro atoms. The Morgan fingerprint density at radius 3 is 2.28 bits per heavy atom. The molecule has 0 amide bonds. The Kier molecular flexibility index (Phi) is 5.13. The number of furan rings is 1. The standard InChI is InChI=1S/C32H24N3O/c1-20-15-16-35(3)28(17-20)29-21(2)9-12-25-26-13-10-23(18-33)30(32(26)36-31(25)29)27-14-11-24(19-34-27)22-7-5-4-6-8-22/h4-17,19H,1-3H3/q+1. The SMILES string of the molecule is Cc1cc[n+](C)c(-c2c(C)ccc3c2oc2c(-c4ccc(-c5ccccc5)cn4)c(C#N)ccc23)c1. The Morgan fingerprint density at radius 1 is 0.806 bits per heavy atom. The molecule has 0 aliphatic heterocycles. The Morgan fingerprint density at radius 2 is 1.56 bits per heavy atom. The van der Waals surface area contributed by atoms with E-state index in [1.54, 1.807) is 0 Å². The maximum Gasteiger partial charge on any atom is 0.216 e. The van der Waals surface area contributed by atoms with Crippen molar-refractivity contribution in [2.75, 3.05) is 0 Å². The second-order valence-electron chi connectivity index (χ2n) is 9.21. The first-order valence-corrected chi connectivity index (χ1v) is 11.9. The van der Waals surface area contributed by atoms with Crippen LogP contribution in [0.4, 0.5) is 0 Å². The van der Waals surface area contributed by atoms with Gasteiger partial charge < -0.3 is 4.42 Å². The highest BCUT2D eigenvalue weighted by atomic mass is 16.3. The molecule has 3 aromatic heterocycles. The van der Waals surface area contributed by atoms with Gasteiger partial charge in [-0.3, -0.25) is 4.98 Å². The van der Waals surface area contributed by atoms with Gasteiger partial charge in [0.15, 0.2) is 6.20 Å². The van der Waals surface area contributed by atoms with Crippen molar-refractivity contribution in [1.82, 2.24) is 4.98 Å². The quantitative estimate of drug-likeness (QED) is 0.257. The highest BCUT2D eigenvalue weighted by Crippen LogP contribution is 2.41. The van der Waals surface area contributed by atoms with Crippen molar-refractivity contribution in [3.05, 3.63) is 108 Å². The summed E-state index contributed by atoms with van der Waals surface area (Å²) in [5.41, 5.74) is 10.1. The summed E-state index contributed by atoms with van der Waals surface area (Å²) < 4.78 is 8.77. The zero-order chi connectivity index (χ0) is 24.8. The number of aryl methyl sites for hydroxylation is 3. The number of pyridine rings is 2. The van der Waals surface area contributed by atoms with E-state index < -0.39 is 0 Å². The molecule has 3 aromatic carbocycles. The van der Waals surface area contributed by atoms with Gasteiger partial charge in [0.25, 0.3) is 0 Å². The molecule has 36 heavy (non-hydrogen) atoms. The van der Waals surface area contributed by atoms with Gasteiger partial charge >= 0.3 is 0 Å². The molecular weight excluding hydrogens is 442 g/mol. The molecule has 0 saturated carbocycles. The number of nitrogens with zero attached hydrogens (tertiary/aromatic N) is 3. The predicted octanol–water partition coefficient (Wildman–Crippen LogP) is 7.30. The van der Waals surface area contributed by atoms with Gasteiger partial charge in [0, 0.05) is 34.7 Å². The normalized spacial score (nSPS) is 11.2. The van der Waals surface area contributed by atoms with Crippen molar-refractivity contribution >= 4 is 21.9 Å². The van der Waals surface area contributed by atoms with Crippen molar-refractivity contribution < 1.29 is 8.98 Å². The van der Waals surface area contributed by atoms with Crippen LogP contribution in [-0.2, 0) is 7.05 Å². The predicted molar refractivity (Wildman–Crippen MR) is 143 cm³/mol. The molecule has 0 N–H and O–H groups in total. The Labute approximate surface area is 209 Å². The number of nitriles is 1. The van der Waals surface area contributed by atoms with Crippen LogP contribution >= 0.6 is 0 Å². The zero-order valence-corrected chi connectivity index (χ0v) is 20.4. The van der Waals surface area contributed by atoms with Crippen molar-refractivity contribution in [3.8, 4) is 39.7 Å². The molecule has 0 radical (unpaired) electrons. The van der Waals surface area contributed by atoms with E-state index in [4.69, 9.17) is 9.40 Å². The fraction of sp³-hybridized carbons (Fsp3) is 0.0938. The molecular formula is C32H24N3O+. The van der Waals surface area contributed by atoms with Crippen molar-refractivity contribution in [2.45, 2.75) is 13.8 Å². The molecule has 3 heterocycles. The second-order valence-corrected chi connectivity index (χ2v) is 9.21. The molecule has 6 aromatic rings. The Bertz CT molecular complexity index is 1810. The van der Waals surface area contributed by atoms with Gasteiger partial charge in [0.2, 0.25) is 5.69 Å². The Balaban J connectivity index is 1.62. The van der Waals surface area contributed by atoms with Gasteiger partial charge in [-0.15, -0.1) is 0 Å². The largest absolute Gasteiger partial charge is 0.454 e. The van der Waals surface area contributed by atoms with Gasteiger partial charge in [-0.25, -0.2) is 4.57 Å². The number of benzene rings is 3. The van der Waals surface area contributed by atoms with Crippen molar-refractivity contribution in [3.63, 3.8) is 0 Å². The molecule has 0 bridgehead atoms. The lowest BCUT2D eigenvalue weighted by atomic mass is 9.97. The van der Waals surface area contributed by atoms with Gasteiger partial charge in [-0.1, -0.05) is 48.5 Å². The zero-order valence-electron chi connectivity index (χ0n) is 20.4. The molecule has 172 valence electrons. The lowest BCUT2D eigenvalue weighted by Gasteiger charge is -2.07. The molecule has 0 atom stereocenters. The summed E-state index contributed by atoms with van der Waals surface area (Å²) in [6, 6.07) is 28.9. The van der Waals surface area contributed by atoms with Crippen LogP contribution in [0.5, 0.6) is 0 Å². The van der Waals surface area contributed by atoms with Gasteiger partial charge in [-0.05, 0) is 48.7 Å². The molecule has 0 aliphatic carbocycles. The van der Waals surface area contributed by atoms with Crippen LogP contribution < -0.4 is 4.57 Å². The minimum absolute atomic E-state index is 0.543. The van der Waals surface area contributed by atoms with Crippen LogP contribution in [0.1, 0.15) is 16.7 Å². The lowest BCUT2D eigenvalue weighted by molar-refractivity contribution is -0.660. The van der Waals surface area contributed by atoms with E-state index in [9.17, 15) is 5.26 Å². The third kappa shape index (κ3) is 3.45. The number of rotatable bonds is 3. The number of hydrogen-bond donors (Lipinski definition) is 0. The maximum absolute atomic E-state index is 9.97. The van der Waals surface area contributed by atoms with Crippen LogP contribution in [0.3, 0.4) is 0 Å². The highest BCUT2D eigenvalue weighted by molar-refractivity contribution is 6.13. The van der Waals surface area contributed by atoms with E-state index in [1.807, 2.05) is 55.7 Å². The van der Waals surface area contributed by atoms with Crippen LogP contribution in [0.25, 0.3) is 55.6 Å². The first kappa shape index (κ1) is 21.8. The minimum Gasteiger partial charge on any atom is -0.454 e. The summed E-state index contributed by atoms with van der Waals surface area (Å²) in [6.45, 7) is 4.20. The first-order chi connectivity index (χ1) is 17.5.